The Morgan fingerprint density at radius 3 is 3.07 bits per heavy atom. The molecule has 2 aromatic rings. The van der Waals surface area contributed by atoms with Gasteiger partial charge in [0, 0.05) is 23.9 Å². The van der Waals surface area contributed by atoms with Crippen molar-refractivity contribution in [2.75, 3.05) is 0 Å². The third-order valence-electron chi connectivity index (χ3n) is 2.04. The van der Waals surface area contributed by atoms with E-state index in [1.54, 1.807) is 12.5 Å². The van der Waals surface area contributed by atoms with Crippen LogP contribution in [0.1, 0.15) is 26.9 Å². The molecule has 0 aromatic carbocycles. The van der Waals surface area contributed by atoms with E-state index in [0.717, 1.165) is 10.6 Å². The minimum atomic E-state index is 0.0875. The van der Waals surface area contributed by atoms with Crippen LogP contribution < -0.4 is 0 Å². The second-order valence-electron chi connectivity index (χ2n) is 3.28. The molecular weight excluding hydrogens is 210 g/mol. The van der Waals surface area contributed by atoms with Crippen molar-refractivity contribution in [3.05, 3.63) is 40.2 Å². The Bertz CT molecular complexity index is 445. The second kappa shape index (κ2) is 4.40. The number of ketones is 1. The quantitative estimate of drug-likeness (QED) is 0.745. The first kappa shape index (κ1) is 10.1. The summed E-state index contributed by atoms with van der Waals surface area (Å²) in [5, 5.41) is 0.596. The molecule has 0 aliphatic heterocycles. The van der Waals surface area contributed by atoms with Gasteiger partial charge >= 0.3 is 0 Å². The van der Waals surface area contributed by atoms with Crippen LogP contribution >= 0.6 is 11.3 Å². The normalized spacial score (nSPS) is 10.5. The predicted octanol–water partition coefficient (Wildman–Crippen LogP) is 2.86. The Hall–Kier alpha value is -1.42. The average molecular weight is 221 g/mol. The second-order valence-corrected chi connectivity index (χ2v) is 4.51. The van der Waals surface area contributed by atoms with Crippen molar-refractivity contribution in [1.82, 2.24) is 4.98 Å². The first-order valence-electron chi connectivity index (χ1n) is 4.74. The fourth-order valence-corrected chi connectivity index (χ4v) is 2.01. The molecule has 78 valence electrons. The number of carbonyl (C=O) groups is 1. The number of carbonyl (C=O) groups excluding carboxylic acids is 1. The van der Waals surface area contributed by atoms with Gasteiger partial charge in [0.25, 0.3) is 0 Å². The zero-order chi connectivity index (χ0) is 10.7. The lowest BCUT2D eigenvalue weighted by Gasteiger charge is -1.94. The number of aryl methyl sites for hydroxylation is 2. The van der Waals surface area contributed by atoms with Crippen LogP contribution in [0, 0.1) is 6.92 Å². The lowest BCUT2D eigenvalue weighted by atomic mass is 10.2. The number of hydrogen-bond donors (Lipinski definition) is 0. The molecule has 0 radical (unpaired) electrons. The largest absolute Gasteiger partial charge is 0.469 e. The van der Waals surface area contributed by atoms with Crippen molar-refractivity contribution in [3.8, 4) is 0 Å². The number of aromatic nitrogens is 1. The Morgan fingerprint density at radius 2 is 2.47 bits per heavy atom. The molecule has 4 heteroatoms. The number of hydrogen-bond acceptors (Lipinski definition) is 4. The molecule has 15 heavy (non-hydrogen) atoms. The SMILES string of the molecule is Cc1cnc(C(=O)CCc2ccco2)s1. The summed E-state index contributed by atoms with van der Waals surface area (Å²) in [6.07, 6.45) is 4.45. The molecule has 0 atom stereocenters. The van der Waals surface area contributed by atoms with Crippen LogP contribution in [-0.2, 0) is 6.42 Å². The maximum absolute atomic E-state index is 11.7. The zero-order valence-electron chi connectivity index (χ0n) is 8.40. The number of furan rings is 1. The summed E-state index contributed by atoms with van der Waals surface area (Å²) in [5.41, 5.74) is 0. The number of nitrogens with zero attached hydrogens (tertiary/aromatic N) is 1. The van der Waals surface area contributed by atoms with Gasteiger partial charge in [-0.1, -0.05) is 0 Å². The topological polar surface area (TPSA) is 43.1 Å². The first-order valence-corrected chi connectivity index (χ1v) is 5.55. The van der Waals surface area contributed by atoms with Crippen LogP contribution in [0.4, 0.5) is 0 Å². The Morgan fingerprint density at radius 1 is 1.60 bits per heavy atom. The summed E-state index contributed by atoms with van der Waals surface area (Å²) in [6.45, 7) is 1.95. The maximum Gasteiger partial charge on any atom is 0.191 e. The molecule has 0 aliphatic rings. The van der Waals surface area contributed by atoms with Crippen LogP contribution in [0.5, 0.6) is 0 Å². The van der Waals surface area contributed by atoms with Crippen molar-refractivity contribution >= 4 is 17.1 Å². The molecule has 2 aromatic heterocycles. The van der Waals surface area contributed by atoms with Gasteiger partial charge in [-0.25, -0.2) is 4.98 Å². The molecule has 2 heterocycles. The van der Waals surface area contributed by atoms with Gasteiger partial charge in [0.05, 0.1) is 6.26 Å². The van der Waals surface area contributed by atoms with Gasteiger partial charge in [-0.05, 0) is 19.1 Å². The van der Waals surface area contributed by atoms with Crippen LogP contribution in [0.15, 0.2) is 29.0 Å². The molecular formula is C11H11NO2S. The van der Waals surface area contributed by atoms with Gasteiger partial charge in [0.1, 0.15) is 5.76 Å². The number of Topliss-reactive ketones (excluding diaryl/α,β-unsaturated/α-hetero) is 1. The minimum Gasteiger partial charge on any atom is -0.469 e. The highest BCUT2D eigenvalue weighted by molar-refractivity contribution is 7.13. The van der Waals surface area contributed by atoms with Crippen LogP contribution in [0.25, 0.3) is 0 Å². The van der Waals surface area contributed by atoms with E-state index in [4.69, 9.17) is 4.42 Å². The van der Waals surface area contributed by atoms with E-state index in [-0.39, 0.29) is 5.78 Å². The molecule has 0 saturated heterocycles. The van der Waals surface area contributed by atoms with Crippen molar-refractivity contribution in [2.24, 2.45) is 0 Å². The summed E-state index contributed by atoms with van der Waals surface area (Å²) in [7, 11) is 0. The molecule has 0 unspecified atom stereocenters. The summed E-state index contributed by atoms with van der Waals surface area (Å²) >= 11 is 1.44. The summed E-state index contributed by atoms with van der Waals surface area (Å²) in [6, 6.07) is 3.70. The van der Waals surface area contributed by atoms with E-state index in [2.05, 4.69) is 4.98 Å². The lowest BCUT2D eigenvalue weighted by Crippen LogP contribution is -1.99. The molecule has 0 N–H and O–H groups in total. The van der Waals surface area contributed by atoms with E-state index in [1.165, 1.54) is 11.3 Å². The molecule has 0 fully saturated rings. The molecule has 0 aliphatic carbocycles. The van der Waals surface area contributed by atoms with Gasteiger partial charge in [0.2, 0.25) is 0 Å². The van der Waals surface area contributed by atoms with Gasteiger partial charge in [-0.2, -0.15) is 0 Å². The molecule has 0 saturated carbocycles. The summed E-state index contributed by atoms with van der Waals surface area (Å²) in [4.78, 5) is 16.8. The van der Waals surface area contributed by atoms with Crippen LogP contribution in [0.2, 0.25) is 0 Å². The summed E-state index contributed by atoms with van der Waals surface area (Å²) in [5.74, 6) is 0.932. The number of rotatable bonds is 4. The van der Waals surface area contributed by atoms with E-state index in [9.17, 15) is 4.79 Å². The molecule has 3 nitrogen and oxygen atoms in total. The lowest BCUT2D eigenvalue weighted by molar-refractivity contribution is 0.0980. The Kier molecular flexibility index (Phi) is 2.97. The fraction of sp³-hybridized carbons (Fsp3) is 0.273. The van der Waals surface area contributed by atoms with Crippen LogP contribution in [0.3, 0.4) is 0 Å². The van der Waals surface area contributed by atoms with Crippen molar-refractivity contribution in [1.29, 1.82) is 0 Å². The molecule has 0 spiro atoms. The third kappa shape index (κ3) is 2.53. The fourth-order valence-electron chi connectivity index (χ4n) is 1.28. The van der Waals surface area contributed by atoms with Gasteiger partial charge in [-0.15, -0.1) is 11.3 Å². The van der Waals surface area contributed by atoms with Crippen molar-refractivity contribution in [2.45, 2.75) is 19.8 Å². The van der Waals surface area contributed by atoms with Gasteiger partial charge in [-0.3, -0.25) is 4.79 Å². The van der Waals surface area contributed by atoms with Crippen molar-refractivity contribution < 1.29 is 9.21 Å². The third-order valence-corrected chi connectivity index (χ3v) is 2.99. The molecule has 0 bridgehead atoms. The van der Waals surface area contributed by atoms with Gasteiger partial charge < -0.3 is 4.42 Å². The maximum atomic E-state index is 11.7. The van der Waals surface area contributed by atoms with Gasteiger partial charge in [0.15, 0.2) is 10.8 Å². The standard InChI is InChI=1S/C11H11NO2S/c1-8-7-12-11(15-8)10(13)5-4-9-3-2-6-14-9/h2-3,6-7H,4-5H2,1H3. The zero-order valence-corrected chi connectivity index (χ0v) is 9.21. The highest BCUT2D eigenvalue weighted by Gasteiger charge is 2.10. The number of thiazole rings is 1. The van der Waals surface area contributed by atoms with Crippen molar-refractivity contribution in [3.63, 3.8) is 0 Å². The molecule has 2 rings (SSSR count). The van der Waals surface area contributed by atoms with E-state index in [0.29, 0.717) is 17.8 Å². The minimum absolute atomic E-state index is 0.0875. The van der Waals surface area contributed by atoms with Crippen LogP contribution in [-0.4, -0.2) is 10.8 Å². The smallest absolute Gasteiger partial charge is 0.191 e. The highest BCUT2D eigenvalue weighted by Crippen LogP contribution is 2.14. The van der Waals surface area contributed by atoms with E-state index >= 15 is 0 Å². The highest BCUT2D eigenvalue weighted by atomic mass is 32.1. The van der Waals surface area contributed by atoms with E-state index in [1.807, 2.05) is 19.1 Å². The first-order chi connectivity index (χ1) is 7.25. The monoisotopic (exact) mass is 221 g/mol. The molecule has 0 amide bonds. The summed E-state index contributed by atoms with van der Waals surface area (Å²) < 4.78 is 5.16. The average Bonchev–Trinajstić information content (AvgIpc) is 2.84. The Labute approximate surface area is 91.8 Å². The Balaban J connectivity index is 1.93. The predicted molar refractivity (Wildman–Crippen MR) is 58.2 cm³/mol. The van der Waals surface area contributed by atoms with E-state index < -0.39 is 0 Å².